The Labute approximate surface area is 122 Å². The van der Waals surface area contributed by atoms with Crippen molar-refractivity contribution in [2.75, 3.05) is 5.32 Å². The normalized spacial score (nSPS) is 13.3. The zero-order chi connectivity index (χ0) is 14.9. The zero-order valence-corrected chi connectivity index (χ0v) is 12.2. The molecule has 2 heterocycles. The van der Waals surface area contributed by atoms with Gasteiger partial charge in [-0.3, -0.25) is 0 Å². The van der Waals surface area contributed by atoms with E-state index in [0.717, 1.165) is 22.1 Å². The molecule has 8 heteroatoms. The number of hydrogen-bond donors (Lipinski definition) is 1. The molecule has 0 bridgehead atoms. The van der Waals surface area contributed by atoms with Crippen LogP contribution in [-0.2, 0) is 6.18 Å². The van der Waals surface area contributed by atoms with E-state index in [-0.39, 0.29) is 16.9 Å². The third-order valence-electron chi connectivity index (χ3n) is 2.53. The van der Waals surface area contributed by atoms with Crippen molar-refractivity contribution >= 4 is 28.8 Å². The molecule has 0 radical (unpaired) electrons. The van der Waals surface area contributed by atoms with Crippen LogP contribution in [0.25, 0.3) is 0 Å². The summed E-state index contributed by atoms with van der Waals surface area (Å²) in [5.74, 6) is 0.208. The minimum absolute atomic E-state index is 0.0695. The van der Waals surface area contributed by atoms with Crippen molar-refractivity contribution in [3.8, 4) is 0 Å². The summed E-state index contributed by atoms with van der Waals surface area (Å²) in [6.45, 7) is 3.77. The highest BCUT2D eigenvalue weighted by Gasteiger charge is 2.31. The lowest BCUT2D eigenvalue weighted by atomic mass is 10.2. The van der Waals surface area contributed by atoms with Crippen LogP contribution in [0, 0.1) is 6.92 Å². The van der Waals surface area contributed by atoms with E-state index < -0.39 is 11.7 Å². The number of aryl methyl sites for hydroxylation is 1. The molecule has 0 amide bonds. The van der Waals surface area contributed by atoms with Gasteiger partial charge >= 0.3 is 6.18 Å². The smallest absolute Gasteiger partial charge is 0.360 e. The monoisotopic (exact) mass is 321 g/mol. The lowest BCUT2D eigenvalue weighted by Gasteiger charge is -2.14. The van der Waals surface area contributed by atoms with E-state index in [2.05, 4.69) is 15.3 Å². The van der Waals surface area contributed by atoms with Gasteiger partial charge < -0.3 is 5.32 Å². The molecule has 0 aliphatic carbocycles. The molecular weight excluding hydrogens is 311 g/mol. The quantitative estimate of drug-likeness (QED) is 0.891. The first kappa shape index (κ1) is 15.1. The van der Waals surface area contributed by atoms with Crippen LogP contribution in [0.4, 0.5) is 19.0 Å². The molecule has 2 rings (SSSR count). The van der Waals surface area contributed by atoms with Gasteiger partial charge in [0, 0.05) is 17.3 Å². The first-order chi connectivity index (χ1) is 9.27. The number of pyridine rings is 1. The summed E-state index contributed by atoms with van der Waals surface area (Å²) in [7, 11) is 0. The molecular formula is C12H11ClF3N3S. The molecule has 0 aliphatic rings. The molecule has 0 spiro atoms. The van der Waals surface area contributed by atoms with Gasteiger partial charge in [-0.15, -0.1) is 11.3 Å². The number of anilines is 1. The van der Waals surface area contributed by atoms with Crippen LogP contribution in [0.3, 0.4) is 0 Å². The van der Waals surface area contributed by atoms with Crippen LogP contribution in [0.5, 0.6) is 0 Å². The number of aromatic nitrogens is 2. The number of thiazole rings is 1. The first-order valence-corrected chi connectivity index (χ1v) is 6.88. The zero-order valence-electron chi connectivity index (χ0n) is 10.6. The van der Waals surface area contributed by atoms with Crippen LogP contribution in [0.2, 0.25) is 5.02 Å². The Morgan fingerprint density at radius 3 is 2.50 bits per heavy atom. The third kappa shape index (κ3) is 3.40. The van der Waals surface area contributed by atoms with Crippen molar-refractivity contribution in [3.63, 3.8) is 0 Å². The van der Waals surface area contributed by atoms with Gasteiger partial charge in [0.15, 0.2) is 0 Å². The van der Waals surface area contributed by atoms with Gasteiger partial charge in [-0.2, -0.15) is 13.2 Å². The summed E-state index contributed by atoms with van der Waals surface area (Å²) in [4.78, 5) is 8.99. The summed E-state index contributed by atoms with van der Waals surface area (Å²) < 4.78 is 37.5. The molecule has 1 N–H and O–H groups in total. The lowest BCUT2D eigenvalue weighted by molar-refractivity contribution is -0.137. The number of hydrogen-bond acceptors (Lipinski definition) is 4. The standard InChI is InChI=1S/C12H11ClF3N3S/c1-6-4-18-11(20-6)7(2)19-10-9(13)3-8(5-17-10)12(14,15)16/h3-5,7H,1-2H3,(H,17,19). The summed E-state index contributed by atoms with van der Waals surface area (Å²) in [6.07, 6.45) is -1.96. The van der Waals surface area contributed by atoms with E-state index >= 15 is 0 Å². The molecule has 0 aliphatic heterocycles. The molecule has 108 valence electrons. The Balaban J connectivity index is 2.18. The van der Waals surface area contributed by atoms with Crippen molar-refractivity contribution in [2.24, 2.45) is 0 Å². The minimum atomic E-state index is -4.45. The summed E-state index contributed by atoms with van der Waals surface area (Å²) in [5, 5.41) is 3.71. The number of rotatable bonds is 3. The molecule has 2 aromatic heterocycles. The molecule has 20 heavy (non-hydrogen) atoms. The van der Waals surface area contributed by atoms with Gasteiger partial charge in [0.2, 0.25) is 0 Å². The number of halogens is 4. The van der Waals surface area contributed by atoms with Crippen molar-refractivity contribution in [1.29, 1.82) is 0 Å². The Morgan fingerprint density at radius 2 is 2.00 bits per heavy atom. The molecule has 3 nitrogen and oxygen atoms in total. The van der Waals surface area contributed by atoms with E-state index in [4.69, 9.17) is 11.6 Å². The second-order valence-corrected chi connectivity index (χ2v) is 5.90. The highest BCUT2D eigenvalue weighted by Crippen LogP contribution is 2.33. The average Bonchev–Trinajstić information content (AvgIpc) is 2.77. The predicted octanol–water partition coefficient (Wildman–Crippen LogP) is 4.69. The topological polar surface area (TPSA) is 37.8 Å². The second kappa shape index (κ2) is 5.57. The maximum Gasteiger partial charge on any atom is 0.417 e. The Bertz CT molecular complexity index is 612. The van der Waals surface area contributed by atoms with Crippen LogP contribution < -0.4 is 5.32 Å². The maximum absolute atomic E-state index is 12.5. The predicted molar refractivity (Wildman–Crippen MR) is 73.1 cm³/mol. The maximum atomic E-state index is 12.5. The third-order valence-corrected chi connectivity index (χ3v) is 3.91. The lowest BCUT2D eigenvalue weighted by Crippen LogP contribution is -2.10. The summed E-state index contributed by atoms with van der Waals surface area (Å²) in [6, 6.07) is 0.673. The van der Waals surface area contributed by atoms with Crippen LogP contribution in [-0.4, -0.2) is 9.97 Å². The molecule has 0 saturated carbocycles. The highest BCUT2D eigenvalue weighted by molar-refractivity contribution is 7.11. The summed E-state index contributed by atoms with van der Waals surface area (Å²) >= 11 is 7.33. The van der Waals surface area contributed by atoms with Crippen LogP contribution >= 0.6 is 22.9 Å². The van der Waals surface area contributed by atoms with Crippen molar-refractivity contribution < 1.29 is 13.2 Å². The van der Waals surface area contributed by atoms with Crippen molar-refractivity contribution in [2.45, 2.75) is 26.1 Å². The SMILES string of the molecule is Cc1cnc(C(C)Nc2ncc(C(F)(F)F)cc2Cl)s1. The van der Waals surface area contributed by atoms with Gasteiger partial charge in [-0.1, -0.05) is 11.6 Å². The average molecular weight is 322 g/mol. The Morgan fingerprint density at radius 1 is 1.30 bits per heavy atom. The fourth-order valence-corrected chi connectivity index (χ4v) is 2.54. The molecule has 2 aromatic rings. The molecule has 0 saturated heterocycles. The van der Waals surface area contributed by atoms with Crippen LogP contribution in [0.15, 0.2) is 18.5 Å². The number of nitrogens with zero attached hydrogens (tertiary/aromatic N) is 2. The van der Waals surface area contributed by atoms with Crippen molar-refractivity contribution in [3.05, 3.63) is 38.9 Å². The largest absolute Gasteiger partial charge is 0.417 e. The van der Waals surface area contributed by atoms with Crippen LogP contribution in [0.1, 0.15) is 28.4 Å². The van der Waals surface area contributed by atoms with Gasteiger partial charge in [0.1, 0.15) is 10.8 Å². The fourth-order valence-electron chi connectivity index (χ4n) is 1.54. The van der Waals surface area contributed by atoms with E-state index in [0.29, 0.717) is 0 Å². The minimum Gasteiger partial charge on any atom is -0.360 e. The number of nitrogens with one attached hydrogen (secondary N) is 1. The number of alkyl halides is 3. The molecule has 1 atom stereocenters. The van der Waals surface area contributed by atoms with E-state index in [1.165, 1.54) is 11.3 Å². The molecule has 0 fully saturated rings. The first-order valence-electron chi connectivity index (χ1n) is 5.69. The second-order valence-electron chi connectivity index (χ2n) is 4.23. The van der Waals surface area contributed by atoms with Crippen molar-refractivity contribution in [1.82, 2.24) is 9.97 Å². The van der Waals surface area contributed by atoms with Gasteiger partial charge in [-0.05, 0) is 19.9 Å². The van der Waals surface area contributed by atoms with E-state index in [9.17, 15) is 13.2 Å². The summed E-state index contributed by atoms with van der Waals surface area (Å²) in [5.41, 5.74) is -0.870. The van der Waals surface area contributed by atoms with E-state index in [1.807, 2.05) is 13.8 Å². The molecule has 1 unspecified atom stereocenters. The van der Waals surface area contributed by atoms with E-state index in [1.54, 1.807) is 6.20 Å². The Hall–Kier alpha value is -1.34. The van der Waals surface area contributed by atoms with Gasteiger partial charge in [0.05, 0.1) is 16.6 Å². The molecule has 0 aromatic carbocycles. The highest BCUT2D eigenvalue weighted by atomic mass is 35.5. The van der Waals surface area contributed by atoms with Gasteiger partial charge in [0.25, 0.3) is 0 Å². The Kier molecular flexibility index (Phi) is 4.19. The van der Waals surface area contributed by atoms with Gasteiger partial charge in [-0.25, -0.2) is 9.97 Å². The fraction of sp³-hybridized carbons (Fsp3) is 0.333.